The summed E-state index contributed by atoms with van der Waals surface area (Å²) < 4.78 is 5.17. The van der Waals surface area contributed by atoms with Gasteiger partial charge in [0.25, 0.3) is 0 Å². The minimum absolute atomic E-state index is 0.0756. The van der Waals surface area contributed by atoms with Crippen LogP contribution >= 0.6 is 11.8 Å². The van der Waals surface area contributed by atoms with Gasteiger partial charge in [-0.1, -0.05) is 6.07 Å². The van der Waals surface area contributed by atoms with Crippen LogP contribution in [0.2, 0.25) is 0 Å². The normalized spacial score (nSPS) is 26.9. The average molecular weight is 321 g/mol. The summed E-state index contributed by atoms with van der Waals surface area (Å²) >= 11 is 1.69. The Kier molecular flexibility index (Phi) is 3.99. The molecule has 0 bridgehead atoms. The van der Waals surface area contributed by atoms with Gasteiger partial charge in [0, 0.05) is 30.5 Å². The third-order valence-electron chi connectivity index (χ3n) is 4.24. The number of hydrogen-bond donors (Lipinski definition) is 1. The second-order valence-corrected chi connectivity index (χ2v) is 7.16. The van der Waals surface area contributed by atoms with E-state index in [-0.39, 0.29) is 22.7 Å². The van der Waals surface area contributed by atoms with Crippen LogP contribution < -0.4 is 10.1 Å². The van der Waals surface area contributed by atoms with Crippen LogP contribution in [-0.4, -0.2) is 45.5 Å². The molecule has 0 aliphatic carbocycles. The number of thioether (sulfide) groups is 1. The fraction of sp³-hybridized carbons (Fsp3) is 0.533. The van der Waals surface area contributed by atoms with Gasteiger partial charge in [-0.3, -0.25) is 9.59 Å². The molecule has 1 aromatic heterocycles. The first-order chi connectivity index (χ1) is 10.5. The van der Waals surface area contributed by atoms with Crippen molar-refractivity contribution in [2.45, 2.75) is 37.2 Å². The highest BCUT2D eigenvalue weighted by molar-refractivity contribution is 8.01. The molecule has 2 saturated heterocycles. The summed E-state index contributed by atoms with van der Waals surface area (Å²) in [6, 6.07) is 3.28. The number of ether oxygens (including phenoxy) is 1. The van der Waals surface area contributed by atoms with E-state index in [2.05, 4.69) is 10.3 Å². The Labute approximate surface area is 133 Å². The predicted molar refractivity (Wildman–Crippen MR) is 83.4 cm³/mol. The van der Waals surface area contributed by atoms with Gasteiger partial charge < -0.3 is 15.0 Å². The molecule has 2 aliphatic rings. The molecule has 118 valence electrons. The highest BCUT2D eigenvalue weighted by Crippen LogP contribution is 2.47. The number of amides is 2. The summed E-state index contributed by atoms with van der Waals surface area (Å²) in [6.45, 7) is 2.38. The van der Waals surface area contributed by atoms with E-state index in [1.54, 1.807) is 36.0 Å². The molecule has 0 unspecified atom stereocenters. The maximum absolute atomic E-state index is 12.5. The van der Waals surface area contributed by atoms with Crippen molar-refractivity contribution in [1.29, 1.82) is 0 Å². The van der Waals surface area contributed by atoms with Crippen LogP contribution in [0.1, 0.15) is 25.3 Å². The van der Waals surface area contributed by atoms with Crippen LogP contribution in [-0.2, 0) is 16.1 Å². The number of carbonyl (C=O) groups is 2. The molecule has 1 aromatic rings. The largest absolute Gasteiger partial charge is 0.481 e. The second kappa shape index (κ2) is 5.79. The van der Waals surface area contributed by atoms with Crippen LogP contribution in [0.3, 0.4) is 0 Å². The zero-order valence-corrected chi connectivity index (χ0v) is 13.5. The molecular weight excluding hydrogens is 302 g/mol. The van der Waals surface area contributed by atoms with E-state index < -0.39 is 0 Å². The maximum Gasteiger partial charge on any atom is 0.243 e. The molecule has 2 amide bonds. The molecule has 2 atom stereocenters. The average Bonchev–Trinajstić information content (AvgIpc) is 3.02. The van der Waals surface area contributed by atoms with Crippen LogP contribution in [0.15, 0.2) is 18.3 Å². The smallest absolute Gasteiger partial charge is 0.243 e. The Morgan fingerprint density at radius 2 is 2.45 bits per heavy atom. The standard InChI is InChI=1S/C15H19N3O3S/c1-15-6-5-12(19)18(15)11(9-22-15)13(20)17-8-10-4-3-7-16-14(10)21-2/h3-4,7,11H,5-6,8-9H2,1-2H3,(H,17,20)/t11-,15-/m0/s1. The summed E-state index contributed by atoms with van der Waals surface area (Å²) in [6.07, 6.45) is 2.99. The molecule has 3 heterocycles. The lowest BCUT2D eigenvalue weighted by atomic mass is 10.2. The Morgan fingerprint density at radius 1 is 1.64 bits per heavy atom. The van der Waals surface area contributed by atoms with Gasteiger partial charge in [-0.15, -0.1) is 11.8 Å². The first-order valence-corrected chi connectivity index (χ1v) is 8.25. The van der Waals surface area contributed by atoms with Crippen molar-refractivity contribution in [3.63, 3.8) is 0 Å². The number of carbonyl (C=O) groups excluding carboxylic acids is 2. The van der Waals surface area contributed by atoms with Gasteiger partial charge in [0.05, 0.1) is 12.0 Å². The molecule has 3 rings (SSSR count). The Balaban J connectivity index is 1.67. The first-order valence-electron chi connectivity index (χ1n) is 7.27. The van der Waals surface area contributed by atoms with E-state index in [9.17, 15) is 9.59 Å². The van der Waals surface area contributed by atoms with E-state index in [0.717, 1.165) is 12.0 Å². The zero-order chi connectivity index (χ0) is 15.7. The molecule has 2 aliphatic heterocycles. The Morgan fingerprint density at radius 3 is 3.23 bits per heavy atom. The van der Waals surface area contributed by atoms with Crippen molar-refractivity contribution in [1.82, 2.24) is 15.2 Å². The van der Waals surface area contributed by atoms with Gasteiger partial charge in [0.1, 0.15) is 6.04 Å². The van der Waals surface area contributed by atoms with Crippen LogP contribution in [0.25, 0.3) is 0 Å². The monoisotopic (exact) mass is 321 g/mol. The van der Waals surface area contributed by atoms with E-state index in [0.29, 0.717) is 24.6 Å². The number of nitrogens with zero attached hydrogens (tertiary/aromatic N) is 2. The highest BCUT2D eigenvalue weighted by Gasteiger charge is 2.52. The van der Waals surface area contributed by atoms with Gasteiger partial charge in [0.15, 0.2) is 0 Å². The number of fused-ring (bicyclic) bond motifs is 1. The molecular formula is C15H19N3O3S. The third kappa shape index (κ3) is 2.54. The fourth-order valence-corrected chi connectivity index (χ4v) is 4.49. The van der Waals surface area contributed by atoms with Crippen molar-refractivity contribution in [3.8, 4) is 5.88 Å². The number of hydrogen-bond acceptors (Lipinski definition) is 5. The summed E-state index contributed by atoms with van der Waals surface area (Å²) in [5.74, 6) is 1.12. The lowest BCUT2D eigenvalue weighted by Gasteiger charge is -2.29. The molecule has 7 heteroatoms. The van der Waals surface area contributed by atoms with Gasteiger partial charge in [-0.25, -0.2) is 4.98 Å². The van der Waals surface area contributed by atoms with E-state index >= 15 is 0 Å². The maximum atomic E-state index is 12.5. The summed E-state index contributed by atoms with van der Waals surface area (Å²) in [5.41, 5.74) is 0.819. The van der Waals surface area contributed by atoms with Crippen LogP contribution in [0.5, 0.6) is 5.88 Å². The van der Waals surface area contributed by atoms with Gasteiger partial charge in [0.2, 0.25) is 17.7 Å². The Hall–Kier alpha value is -1.76. The highest BCUT2D eigenvalue weighted by atomic mass is 32.2. The molecule has 0 saturated carbocycles. The first kappa shape index (κ1) is 15.1. The topological polar surface area (TPSA) is 71.5 Å². The molecule has 0 aromatic carbocycles. The molecule has 2 fully saturated rings. The zero-order valence-electron chi connectivity index (χ0n) is 12.7. The van der Waals surface area contributed by atoms with E-state index in [4.69, 9.17) is 4.74 Å². The SMILES string of the molecule is COc1ncccc1CNC(=O)[C@@H]1CS[C@@]2(C)CCC(=O)N12. The van der Waals surface area contributed by atoms with Crippen LogP contribution in [0.4, 0.5) is 0 Å². The van der Waals surface area contributed by atoms with Crippen molar-refractivity contribution in [3.05, 3.63) is 23.9 Å². The second-order valence-electron chi connectivity index (χ2n) is 5.66. The fourth-order valence-electron chi connectivity index (χ4n) is 3.06. The third-order valence-corrected chi connectivity index (χ3v) is 5.75. The molecule has 1 N–H and O–H groups in total. The van der Waals surface area contributed by atoms with Gasteiger partial charge in [-0.2, -0.15) is 0 Å². The van der Waals surface area contributed by atoms with Crippen molar-refractivity contribution >= 4 is 23.6 Å². The minimum atomic E-state index is -0.382. The summed E-state index contributed by atoms with van der Waals surface area (Å²) in [7, 11) is 1.55. The van der Waals surface area contributed by atoms with Gasteiger partial charge in [-0.05, 0) is 19.4 Å². The number of pyridine rings is 1. The predicted octanol–water partition coefficient (Wildman–Crippen LogP) is 1.16. The quantitative estimate of drug-likeness (QED) is 0.901. The molecule has 22 heavy (non-hydrogen) atoms. The number of aromatic nitrogens is 1. The molecule has 0 spiro atoms. The lowest BCUT2D eigenvalue weighted by Crippen LogP contribution is -2.49. The van der Waals surface area contributed by atoms with Crippen LogP contribution in [0, 0.1) is 0 Å². The summed E-state index contributed by atoms with van der Waals surface area (Å²) in [4.78, 5) is 30.2. The van der Waals surface area contributed by atoms with E-state index in [1.807, 2.05) is 13.0 Å². The summed E-state index contributed by atoms with van der Waals surface area (Å²) in [5, 5.41) is 2.90. The van der Waals surface area contributed by atoms with Crippen molar-refractivity contribution < 1.29 is 14.3 Å². The minimum Gasteiger partial charge on any atom is -0.481 e. The molecule has 0 radical (unpaired) electrons. The van der Waals surface area contributed by atoms with Crippen molar-refractivity contribution in [2.75, 3.05) is 12.9 Å². The lowest BCUT2D eigenvalue weighted by molar-refractivity contribution is -0.138. The number of nitrogens with one attached hydrogen (secondary N) is 1. The van der Waals surface area contributed by atoms with E-state index in [1.165, 1.54) is 0 Å². The number of methoxy groups -OCH3 is 1. The van der Waals surface area contributed by atoms with Gasteiger partial charge >= 0.3 is 0 Å². The molecule has 6 nitrogen and oxygen atoms in total. The number of rotatable bonds is 4. The Bertz CT molecular complexity index is 609. The van der Waals surface area contributed by atoms with Crippen molar-refractivity contribution in [2.24, 2.45) is 0 Å².